The molecule has 16 heavy (non-hydrogen) atoms. The van der Waals surface area contributed by atoms with Gasteiger partial charge in [0.2, 0.25) is 0 Å². The summed E-state index contributed by atoms with van der Waals surface area (Å²) in [6, 6.07) is 3.65. The van der Waals surface area contributed by atoms with Gasteiger partial charge in [-0.1, -0.05) is 19.4 Å². The van der Waals surface area contributed by atoms with Crippen molar-refractivity contribution in [3.63, 3.8) is 0 Å². The second kappa shape index (κ2) is 4.85. The molecule has 2 rings (SSSR count). The van der Waals surface area contributed by atoms with E-state index in [4.69, 9.17) is 0 Å². The molecular weight excluding hydrogens is 242 g/mol. The molecule has 1 heterocycles. The molecule has 1 N–H and O–H groups in total. The lowest BCUT2D eigenvalue weighted by molar-refractivity contribution is 0.518. The second-order valence-electron chi connectivity index (χ2n) is 4.11. The maximum Gasteiger partial charge on any atom is 0.192 e. The molecule has 0 aromatic carbocycles. The van der Waals surface area contributed by atoms with Gasteiger partial charge in [-0.2, -0.15) is 0 Å². The third-order valence-corrected chi connectivity index (χ3v) is 6.80. The lowest BCUT2D eigenvalue weighted by Crippen LogP contribution is -2.40. The highest BCUT2D eigenvalue weighted by molar-refractivity contribution is 7.94. The number of thiophene rings is 1. The topological polar surface area (TPSA) is 46.2 Å². The molecule has 1 saturated carbocycles. The van der Waals surface area contributed by atoms with Crippen molar-refractivity contribution >= 4 is 21.2 Å². The van der Waals surface area contributed by atoms with Crippen molar-refractivity contribution in [1.82, 2.24) is 5.32 Å². The van der Waals surface area contributed by atoms with Crippen LogP contribution < -0.4 is 5.32 Å². The van der Waals surface area contributed by atoms with Gasteiger partial charge in [0.15, 0.2) is 9.84 Å². The van der Waals surface area contributed by atoms with Gasteiger partial charge in [-0.05, 0) is 30.8 Å². The van der Waals surface area contributed by atoms with Crippen LogP contribution in [0.15, 0.2) is 21.7 Å². The van der Waals surface area contributed by atoms with Gasteiger partial charge in [0.05, 0.1) is 5.25 Å². The maximum atomic E-state index is 12.4. The van der Waals surface area contributed by atoms with E-state index in [2.05, 4.69) is 5.32 Å². The number of rotatable bonds is 4. The first-order valence-corrected chi connectivity index (χ1v) is 8.09. The summed E-state index contributed by atoms with van der Waals surface area (Å²) in [7, 11) is -3.11. The smallest absolute Gasteiger partial charge is 0.192 e. The molecule has 0 spiro atoms. The first-order valence-electron chi connectivity index (χ1n) is 5.67. The minimum atomic E-state index is -3.11. The molecule has 3 nitrogen and oxygen atoms in total. The van der Waals surface area contributed by atoms with Gasteiger partial charge in [-0.15, -0.1) is 11.3 Å². The Hall–Kier alpha value is -0.390. The van der Waals surface area contributed by atoms with E-state index < -0.39 is 9.84 Å². The largest absolute Gasteiger partial charge is 0.313 e. The van der Waals surface area contributed by atoms with Crippen LogP contribution in [0.2, 0.25) is 0 Å². The summed E-state index contributed by atoms with van der Waals surface area (Å²) in [5.41, 5.74) is 0. The summed E-state index contributed by atoms with van der Waals surface area (Å²) >= 11 is 1.32. The fraction of sp³-hybridized carbons (Fsp3) is 0.636. The molecule has 2 atom stereocenters. The van der Waals surface area contributed by atoms with Crippen LogP contribution in [0.1, 0.15) is 26.2 Å². The predicted molar refractivity (Wildman–Crippen MR) is 66.6 cm³/mol. The van der Waals surface area contributed by atoms with Crippen molar-refractivity contribution in [3.8, 4) is 0 Å². The fourth-order valence-electron chi connectivity index (χ4n) is 2.37. The average molecular weight is 259 g/mol. The highest BCUT2D eigenvalue weighted by atomic mass is 32.2. The molecule has 5 heteroatoms. The molecule has 1 aliphatic carbocycles. The van der Waals surface area contributed by atoms with Crippen molar-refractivity contribution in [3.05, 3.63) is 17.5 Å². The molecule has 2 unspecified atom stereocenters. The Morgan fingerprint density at radius 2 is 2.31 bits per heavy atom. The van der Waals surface area contributed by atoms with Crippen molar-refractivity contribution in [2.45, 2.75) is 41.7 Å². The minimum absolute atomic E-state index is 0.136. The third kappa shape index (κ3) is 2.17. The second-order valence-corrected chi connectivity index (χ2v) is 7.45. The first kappa shape index (κ1) is 12.1. The van der Waals surface area contributed by atoms with Crippen LogP contribution in [-0.2, 0) is 9.84 Å². The lowest BCUT2D eigenvalue weighted by Gasteiger charge is -2.19. The van der Waals surface area contributed by atoms with Crippen LogP contribution in [-0.4, -0.2) is 26.3 Å². The van der Waals surface area contributed by atoms with Crippen molar-refractivity contribution in [2.75, 3.05) is 6.54 Å². The Labute approximate surface area is 101 Å². The predicted octanol–water partition coefficient (Wildman–Crippen LogP) is 2.05. The number of hydrogen-bond acceptors (Lipinski definition) is 4. The van der Waals surface area contributed by atoms with E-state index in [1.54, 1.807) is 12.1 Å². The van der Waals surface area contributed by atoms with Crippen molar-refractivity contribution < 1.29 is 8.42 Å². The Morgan fingerprint density at radius 3 is 2.94 bits per heavy atom. The monoisotopic (exact) mass is 259 g/mol. The SMILES string of the molecule is CCNC1CCCC1S(=O)(=O)c1cccs1. The van der Waals surface area contributed by atoms with E-state index in [0.29, 0.717) is 4.21 Å². The first-order chi connectivity index (χ1) is 7.66. The quantitative estimate of drug-likeness (QED) is 0.900. The zero-order chi connectivity index (χ0) is 11.6. The Morgan fingerprint density at radius 1 is 1.50 bits per heavy atom. The summed E-state index contributed by atoms with van der Waals surface area (Å²) in [5, 5.41) is 4.88. The molecule has 90 valence electrons. The van der Waals surface area contributed by atoms with E-state index >= 15 is 0 Å². The molecule has 0 amide bonds. The van der Waals surface area contributed by atoms with Crippen LogP contribution in [0.4, 0.5) is 0 Å². The van der Waals surface area contributed by atoms with E-state index in [-0.39, 0.29) is 11.3 Å². The Kier molecular flexibility index (Phi) is 3.66. The molecule has 0 radical (unpaired) electrons. The summed E-state index contributed by atoms with van der Waals surface area (Å²) in [4.78, 5) is 0. The zero-order valence-electron chi connectivity index (χ0n) is 9.35. The van der Waals surface area contributed by atoms with Crippen LogP contribution >= 0.6 is 11.3 Å². The maximum absolute atomic E-state index is 12.4. The van der Waals surface area contributed by atoms with Crippen molar-refractivity contribution in [1.29, 1.82) is 0 Å². The summed E-state index contributed by atoms with van der Waals surface area (Å²) < 4.78 is 25.2. The van der Waals surface area contributed by atoms with Crippen LogP contribution in [0.3, 0.4) is 0 Å². The molecule has 0 saturated heterocycles. The van der Waals surface area contributed by atoms with Gasteiger partial charge in [-0.25, -0.2) is 8.42 Å². The van der Waals surface area contributed by atoms with Gasteiger partial charge >= 0.3 is 0 Å². The minimum Gasteiger partial charge on any atom is -0.313 e. The van der Waals surface area contributed by atoms with Gasteiger partial charge in [0.25, 0.3) is 0 Å². The van der Waals surface area contributed by atoms with Gasteiger partial charge in [0, 0.05) is 6.04 Å². The number of hydrogen-bond donors (Lipinski definition) is 1. The van der Waals surface area contributed by atoms with E-state index in [1.165, 1.54) is 11.3 Å². The molecule has 0 bridgehead atoms. The normalized spacial score (nSPS) is 26.1. The van der Waals surface area contributed by atoms with E-state index in [1.807, 2.05) is 12.3 Å². The van der Waals surface area contributed by atoms with Crippen molar-refractivity contribution in [2.24, 2.45) is 0 Å². The number of nitrogens with one attached hydrogen (secondary N) is 1. The van der Waals surface area contributed by atoms with Crippen LogP contribution in [0, 0.1) is 0 Å². The Balaban J connectivity index is 2.24. The summed E-state index contributed by atoms with van der Waals surface area (Å²) in [5.74, 6) is 0. The van der Waals surface area contributed by atoms with Crippen LogP contribution in [0.5, 0.6) is 0 Å². The molecule has 0 aliphatic heterocycles. The van der Waals surface area contributed by atoms with Gasteiger partial charge < -0.3 is 5.32 Å². The lowest BCUT2D eigenvalue weighted by atomic mass is 10.2. The molecule has 1 fully saturated rings. The molecule has 1 aromatic rings. The molecule has 1 aliphatic rings. The number of sulfone groups is 1. The van der Waals surface area contributed by atoms with Crippen LogP contribution in [0.25, 0.3) is 0 Å². The Bertz CT molecular complexity index is 425. The average Bonchev–Trinajstić information content (AvgIpc) is 2.88. The third-order valence-electron chi connectivity index (χ3n) is 3.09. The van der Waals surface area contributed by atoms with E-state index in [9.17, 15) is 8.42 Å². The molecular formula is C11H17NO2S2. The van der Waals surface area contributed by atoms with Gasteiger partial charge in [-0.3, -0.25) is 0 Å². The highest BCUT2D eigenvalue weighted by Gasteiger charge is 2.38. The van der Waals surface area contributed by atoms with Gasteiger partial charge in [0.1, 0.15) is 4.21 Å². The summed E-state index contributed by atoms with van der Waals surface area (Å²) in [6.45, 7) is 2.86. The highest BCUT2D eigenvalue weighted by Crippen LogP contribution is 2.31. The molecule has 1 aromatic heterocycles. The fourth-order valence-corrected chi connectivity index (χ4v) is 5.60. The zero-order valence-corrected chi connectivity index (χ0v) is 11.0. The summed E-state index contributed by atoms with van der Waals surface area (Å²) in [6.07, 6.45) is 2.77. The standard InChI is InChI=1S/C11H17NO2S2/c1-2-12-9-5-3-6-10(9)16(13,14)11-7-4-8-15-11/h4,7-10,12H,2-3,5-6H2,1H3. The van der Waals surface area contributed by atoms with E-state index in [0.717, 1.165) is 25.8 Å².